The van der Waals surface area contributed by atoms with E-state index >= 15 is 0 Å². The van der Waals surface area contributed by atoms with Crippen molar-refractivity contribution in [2.75, 3.05) is 5.32 Å². The van der Waals surface area contributed by atoms with Gasteiger partial charge in [-0.15, -0.1) is 0 Å². The van der Waals surface area contributed by atoms with E-state index in [0.717, 1.165) is 5.69 Å². The molecule has 0 radical (unpaired) electrons. The Labute approximate surface area is 158 Å². The molecule has 0 aliphatic carbocycles. The van der Waals surface area contributed by atoms with Crippen LogP contribution in [-0.2, 0) is 6.54 Å². The van der Waals surface area contributed by atoms with Crippen molar-refractivity contribution < 1.29 is 14.0 Å². The van der Waals surface area contributed by atoms with Crippen molar-refractivity contribution in [3.05, 3.63) is 72.0 Å². The molecule has 2 N–H and O–H groups in total. The lowest BCUT2D eigenvalue weighted by Crippen LogP contribution is -2.16. The summed E-state index contributed by atoms with van der Waals surface area (Å²) < 4.78 is 26.0. The van der Waals surface area contributed by atoms with Crippen molar-refractivity contribution in [1.29, 1.82) is 0 Å². The zero-order valence-electron chi connectivity index (χ0n) is 18.1. The molecule has 2 aromatic carbocycles. The molecule has 0 spiro atoms. The molecule has 0 saturated carbocycles. The maximum Gasteiger partial charge on any atom is 0.258 e. The van der Waals surface area contributed by atoms with Crippen LogP contribution in [0, 0.1) is 0 Å². The van der Waals surface area contributed by atoms with Gasteiger partial charge in [-0.05, 0) is 30.5 Å². The molecule has 1 heterocycles. The van der Waals surface area contributed by atoms with Gasteiger partial charge in [0.25, 0.3) is 5.91 Å². The standard InChI is InChI=1S/C22H24N2O2/c1-4-24-14-17(16-10-6-5-7-11-16)20(21(24)15(2)3)22(26)23-18-12-8-9-13-19(18)25/h5-15,25H,4H2,1-3H3,(H,23,26)/i5D,6D,10D. The molecule has 3 rings (SSSR count). The van der Waals surface area contributed by atoms with E-state index in [1.54, 1.807) is 24.3 Å². The third kappa shape index (κ3) is 3.36. The van der Waals surface area contributed by atoms with E-state index in [1.165, 1.54) is 12.1 Å². The van der Waals surface area contributed by atoms with E-state index in [4.69, 9.17) is 4.11 Å². The van der Waals surface area contributed by atoms with E-state index in [-0.39, 0.29) is 29.8 Å². The number of nitrogens with one attached hydrogen (secondary N) is 1. The summed E-state index contributed by atoms with van der Waals surface area (Å²) in [5, 5.41) is 12.8. The summed E-state index contributed by atoms with van der Waals surface area (Å²) in [7, 11) is 0. The number of nitrogens with zero attached hydrogens (tertiary/aromatic N) is 1. The number of hydrogen-bond donors (Lipinski definition) is 2. The Morgan fingerprint density at radius 1 is 1.23 bits per heavy atom. The first-order chi connectivity index (χ1) is 13.8. The van der Waals surface area contributed by atoms with Crippen molar-refractivity contribution in [3.8, 4) is 16.9 Å². The lowest BCUT2D eigenvalue weighted by molar-refractivity contribution is 0.102. The first kappa shape index (κ1) is 14.2. The van der Waals surface area contributed by atoms with Crippen LogP contribution in [0.2, 0.25) is 0 Å². The van der Waals surface area contributed by atoms with Crippen molar-refractivity contribution in [2.45, 2.75) is 33.2 Å². The highest BCUT2D eigenvalue weighted by atomic mass is 16.3. The topological polar surface area (TPSA) is 54.3 Å². The second-order valence-corrected chi connectivity index (χ2v) is 6.36. The minimum atomic E-state index is -0.390. The summed E-state index contributed by atoms with van der Waals surface area (Å²) >= 11 is 0. The van der Waals surface area contributed by atoms with Crippen molar-refractivity contribution >= 4 is 11.6 Å². The fraction of sp³-hybridized carbons (Fsp3) is 0.227. The van der Waals surface area contributed by atoms with E-state index in [9.17, 15) is 9.90 Å². The highest BCUT2D eigenvalue weighted by Gasteiger charge is 2.24. The van der Waals surface area contributed by atoms with Gasteiger partial charge in [-0.2, -0.15) is 0 Å². The van der Waals surface area contributed by atoms with Gasteiger partial charge in [-0.25, -0.2) is 0 Å². The van der Waals surface area contributed by atoms with Gasteiger partial charge in [0.2, 0.25) is 0 Å². The van der Waals surface area contributed by atoms with Crippen LogP contribution in [0.15, 0.2) is 60.7 Å². The number of benzene rings is 2. The summed E-state index contributed by atoms with van der Waals surface area (Å²) in [6, 6.07) is 9.30. The molecule has 134 valence electrons. The average molecular weight is 351 g/mol. The average Bonchev–Trinajstić information content (AvgIpc) is 3.08. The van der Waals surface area contributed by atoms with E-state index in [2.05, 4.69) is 5.32 Å². The molecule has 0 aliphatic heterocycles. The van der Waals surface area contributed by atoms with Crippen LogP contribution in [0.4, 0.5) is 5.69 Å². The van der Waals surface area contributed by atoms with Crippen LogP contribution in [-0.4, -0.2) is 15.6 Å². The second-order valence-electron chi connectivity index (χ2n) is 6.36. The van der Waals surface area contributed by atoms with Crippen molar-refractivity contribution in [3.63, 3.8) is 0 Å². The van der Waals surface area contributed by atoms with Crippen LogP contribution in [0.25, 0.3) is 11.1 Å². The largest absolute Gasteiger partial charge is 0.506 e. The van der Waals surface area contributed by atoms with Crippen LogP contribution in [0.1, 0.15) is 46.9 Å². The van der Waals surface area contributed by atoms with Gasteiger partial charge >= 0.3 is 0 Å². The normalized spacial score (nSPS) is 12.5. The van der Waals surface area contributed by atoms with Crippen molar-refractivity contribution in [1.82, 2.24) is 4.57 Å². The van der Waals surface area contributed by atoms with Gasteiger partial charge in [-0.3, -0.25) is 4.79 Å². The highest BCUT2D eigenvalue weighted by Crippen LogP contribution is 2.34. The van der Waals surface area contributed by atoms with E-state index in [1.807, 2.05) is 31.5 Å². The molecular formula is C22H24N2O2. The maximum absolute atomic E-state index is 13.3. The quantitative estimate of drug-likeness (QED) is 0.616. The first-order valence-electron chi connectivity index (χ1n) is 10.2. The number of carbonyl (C=O) groups is 1. The number of rotatable bonds is 5. The lowest BCUT2D eigenvalue weighted by atomic mass is 9.98. The Hall–Kier alpha value is -3.01. The molecule has 4 heteroatoms. The number of carbonyl (C=O) groups excluding carboxylic acids is 1. The first-order valence-corrected chi connectivity index (χ1v) is 8.65. The second kappa shape index (κ2) is 7.48. The third-order valence-electron chi connectivity index (χ3n) is 4.28. The molecule has 26 heavy (non-hydrogen) atoms. The molecule has 3 aromatic rings. The summed E-state index contributed by atoms with van der Waals surface area (Å²) in [6.07, 6.45) is 1.82. The van der Waals surface area contributed by atoms with Gasteiger partial charge < -0.3 is 15.0 Å². The Balaban J connectivity index is 2.21. The van der Waals surface area contributed by atoms with Gasteiger partial charge in [0.15, 0.2) is 0 Å². The van der Waals surface area contributed by atoms with Crippen LogP contribution >= 0.6 is 0 Å². The molecule has 1 amide bonds. The Bertz CT molecular complexity index is 1070. The van der Waals surface area contributed by atoms with Gasteiger partial charge in [-0.1, -0.05) is 56.2 Å². The number of aryl methyl sites for hydroxylation is 1. The van der Waals surface area contributed by atoms with E-state index in [0.29, 0.717) is 28.9 Å². The fourth-order valence-corrected chi connectivity index (χ4v) is 3.13. The molecule has 0 saturated heterocycles. The number of phenols is 1. The minimum absolute atomic E-state index is 0.0297. The number of aromatic hydroxyl groups is 1. The monoisotopic (exact) mass is 351 g/mol. The van der Waals surface area contributed by atoms with Crippen LogP contribution in [0.5, 0.6) is 5.75 Å². The number of amides is 1. The Morgan fingerprint density at radius 2 is 2.00 bits per heavy atom. The zero-order chi connectivity index (χ0) is 21.3. The molecule has 4 nitrogen and oxygen atoms in total. The molecule has 0 fully saturated rings. The van der Waals surface area contributed by atoms with E-state index < -0.39 is 5.91 Å². The third-order valence-corrected chi connectivity index (χ3v) is 4.28. The SMILES string of the molecule is [2H]c1ccc(-c2cn(CC)c(C(C)C)c2C(=O)Nc2ccccc2O)c([2H])c1[2H]. The molecule has 0 unspecified atom stereocenters. The minimum Gasteiger partial charge on any atom is -0.506 e. The summed E-state index contributed by atoms with van der Waals surface area (Å²) in [6.45, 7) is 6.60. The number of para-hydroxylation sites is 2. The molecule has 0 bridgehead atoms. The molecule has 0 aliphatic rings. The Morgan fingerprint density at radius 3 is 2.69 bits per heavy atom. The smallest absolute Gasteiger partial charge is 0.258 e. The van der Waals surface area contributed by atoms with Gasteiger partial charge in [0.1, 0.15) is 5.75 Å². The summed E-state index contributed by atoms with van der Waals surface area (Å²) in [5.41, 5.74) is 2.51. The molecular weight excluding hydrogens is 324 g/mol. The Kier molecular flexibility index (Phi) is 4.08. The van der Waals surface area contributed by atoms with Gasteiger partial charge in [0, 0.05) is 24.0 Å². The number of hydrogen-bond acceptors (Lipinski definition) is 2. The fourth-order valence-electron chi connectivity index (χ4n) is 3.13. The predicted molar refractivity (Wildman–Crippen MR) is 106 cm³/mol. The predicted octanol–water partition coefficient (Wildman–Crippen LogP) is 5.26. The summed E-state index contributed by atoms with van der Waals surface area (Å²) in [4.78, 5) is 13.3. The molecule has 1 aromatic heterocycles. The number of phenolic OH excluding ortho intramolecular Hbond substituents is 1. The zero-order valence-corrected chi connectivity index (χ0v) is 15.1. The lowest BCUT2D eigenvalue weighted by Gasteiger charge is -2.14. The van der Waals surface area contributed by atoms with Crippen LogP contribution < -0.4 is 5.32 Å². The number of anilines is 1. The van der Waals surface area contributed by atoms with Crippen molar-refractivity contribution in [2.24, 2.45) is 0 Å². The number of aromatic nitrogens is 1. The van der Waals surface area contributed by atoms with Gasteiger partial charge in [0.05, 0.1) is 15.4 Å². The van der Waals surface area contributed by atoms with Crippen LogP contribution in [0.3, 0.4) is 0 Å². The highest BCUT2D eigenvalue weighted by molar-refractivity contribution is 6.10. The molecule has 0 atom stereocenters. The maximum atomic E-state index is 13.3. The summed E-state index contributed by atoms with van der Waals surface area (Å²) in [5.74, 6) is -0.385.